The summed E-state index contributed by atoms with van der Waals surface area (Å²) in [6.07, 6.45) is 0. The molecule has 4 rings (SSSR count). The van der Waals surface area contributed by atoms with E-state index in [4.69, 9.17) is 4.74 Å². The lowest BCUT2D eigenvalue weighted by molar-refractivity contribution is -0.149. The van der Waals surface area contributed by atoms with E-state index in [9.17, 15) is 14.4 Å². The van der Waals surface area contributed by atoms with Crippen molar-refractivity contribution in [2.24, 2.45) is 0 Å². The number of hydrogen-bond donors (Lipinski definition) is 0. The van der Waals surface area contributed by atoms with Gasteiger partial charge in [-0.3, -0.25) is 14.5 Å². The molecule has 0 saturated carbocycles. The van der Waals surface area contributed by atoms with E-state index in [1.54, 1.807) is 24.3 Å². The number of benzene rings is 3. The zero-order valence-corrected chi connectivity index (χ0v) is 14.7. The standard InChI is InChI=1S/C22H17NO4/c1-14(23-20(24)18-11-4-5-12-19(18)21(23)25)22(26)27-13-16-9-6-8-15-7-2-3-10-17(15)16/h2-12,14H,13H2,1H3/t14-/m0/s1. The molecule has 0 unspecified atom stereocenters. The second kappa shape index (κ2) is 6.68. The van der Waals surface area contributed by atoms with E-state index < -0.39 is 23.8 Å². The van der Waals surface area contributed by atoms with Gasteiger partial charge in [-0.05, 0) is 35.4 Å². The first-order valence-electron chi connectivity index (χ1n) is 8.68. The summed E-state index contributed by atoms with van der Waals surface area (Å²) >= 11 is 0. The molecule has 1 aliphatic rings. The zero-order valence-electron chi connectivity index (χ0n) is 14.7. The Balaban J connectivity index is 1.51. The van der Waals surface area contributed by atoms with Gasteiger partial charge in [0, 0.05) is 0 Å². The summed E-state index contributed by atoms with van der Waals surface area (Å²) in [5.74, 6) is -1.55. The Morgan fingerprint density at radius 2 is 1.48 bits per heavy atom. The first kappa shape index (κ1) is 17.0. The van der Waals surface area contributed by atoms with Crippen LogP contribution in [0.1, 0.15) is 33.2 Å². The lowest BCUT2D eigenvalue weighted by atomic mass is 10.1. The summed E-state index contributed by atoms with van der Waals surface area (Å²) in [6.45, 7) is 1.58. The predicted molar refractivity (Wildman–Crippen MR) is 100 cm³/mol. The summed E-state index contributed by atoms with van der Waals surface area (Å²) in [5.41, 5.74) is 1.50. The SMILES string of the molecule is C[C@@H](C(=O)OCc1cccc2ccccc12)N1C(=O)c2ccccc2C1=O. The summed E-state index contributed by atoms with van der Waals surface area (Å²) in [7, 11) is 0. The molecule has 5 heteroatoms. The molecule has 0 spiro atoms. The molecule has 134 valence electrons. The van der Waals surface area contributed by atoms with Gasteiger partial charge in [-0.25, -0.2) is 4.79 Å². The molecule has 3 aromatic rings. The topological polar surface area (TPSA) is 63.7 Å². The van der Waals surface area contributed by atoms with Gasteiger partial charge in [0.1, 0.15) is 12.6 Å². The fraction of sp³-hybridized carbons (Fsp3) is 0.136. The van der Waals surface area contributed by atoms with Crippen molar-refractivity contribution in [2.75, 3.05) is 0 Å². The van der Waals surface area contributed by atoms with Crippen LogP contribution in [-0.4, -0.2) is 28.7 Å². The summed E-state index contributed by atoms with van der Waals surface area (Å²) in [6, 6.07) is 19.2. The van der Waals surface area contributed by atoms with E-state index >= 15 is 0 Å². The van der Waals surface area contributed by atoms with E-state index in [0.717, 1.165) is 21.2 Å². The van der Waals surface area contributed by atoms with Crippen LogP contribution in [0.5, 0.6) is 0 Å². The molecule has 3 aromatic carbocycles. The third-order valence-electron chi connectivity index (χ3n) is 4.80. The molecule has 5 nitrogen and oxygen atoms in total. The van der Waals surface area contributed by atoms with Crippen molar-refractivity contribution < 1.29 is 19.1 Å². The van der Waals surface area contributed by atoms with Gasteiger partial charge in [0.15, 0.2) is 0 Å². The van der Waals surface area contributed by atoms with Gasteiger partial charge < -0.3 is 4.74 Å². The van der Waals surface area contributed by atoms with Gasteiger partial charge in [-0.2, -0.15) is 0 Å². The van der Waals surface area contributed by atoms with Crippen LogP contribution in [-0.2, 0) is 16.1 Å². The number of carbonyl (C=O) groups excluding carboxylic acids is 3. The van der Waals surface area contributed by atoms with E-state index in [0.29, 0.717) is 11.1 Å². The molecule has 0 saturated heterocycles. The highest BCUT2D eigenvalue weighted by Gasteiger charge is 2.41. The fourth-order valence-electron chi connectivity index (χ4n) is 3.35. The van der Waals surface area contributed by atoms with Gasteiger partial charge in [-0.1, -0.05) is 54.6 Å². The first-order chi connectivity index (χ1) is 13.1. The number of carbonyl (C=O) groups is 3. The molecule has 0 N–H and O–H groups in total. The second-order valence-electron chi connectivity index (χ2n) is 6.45. The molecule has 1 atom stereocenters. The monoisotopic (exact) mass is 359 g/mol. The zero-order chi connectivity index (χ0) is 19.0. The number of fused-ring (bicyclic) bond motifs is 2. The summed E-state index contributed by atoms with van der Waals surface area (Å²) < 4.78 is 5.42. The maximum atomic E-state index is 12.5. The Kier molecular flexibility index (Phi) is 4.20. The fourth-order valence-corrected chi connectivity index (χ4v) is 3.35. The molecule has 0 bridgehead atoms. The number of esters is 1. The largest absolute Gasteiger partial charge is 0.459 e. The summed E-state index contributed by atoms with van der Waals surface area (Å²) in [4.78, 5) is 38.5. The molecule has 1 heterocycles. The average molecular weight is 359 g/mol. The maximum Gasteiger partial charge on any atom is 0.329 e. The van der Waals surface area contributed by atoms with Crippen molar-refractivity contribution in [3.63, 3.8) is 0 Å². The van der Waals surface area contributed by atoms with E-state index in [-0.39, 0.29) is 6.61 Å². The normalized spacial score (nSPS) is 14.3. The number of amides is 2. The predicted octanol–water partition coefficient (Wildman–Crippen LogP) is 3.57. The van der Waals surface area contributed by atoms with Crippen LogP contribution < -0.4 is 0 Å². The third-order valence-corrected chi connectivity index (χ3v) is 4.80. The Labute approximate surface area is 156 Å². The van der Waals surface area contributed by atoms with Crippen molar-refractivity contribution >= 4 is 28.6 Å². The van der Waals surface area contributed by atoms with Gasteiger partial charge in [0.2, 0.25) is 0 Å². The Hall–Kier alpha value is -3.47. The van der Waals surface area contributed by atoms with E-state index in [1.807, 2.05) is 42.5 Å². The lowest BCUT2D eigenvalue weighted by Gasteiger charge is -2.21. The molecule has 0 aromatic heterocycles. The van der Waals surface area contributed by atoms with Crippen LogP contribution in [0.2, 0.25) is 0 Å². The minimum atomic E-state index is -0.993. The Morgan fingerprint density at radius 1 is 0.889 bits per heavy atom. The average Bonchev–Trinajstić information content (AvgIpc) is 2.96. The number of nitrogens with zero attached hydrogens (tertiary/aromatic N) is 1. The van der Waals surface area contributed by atoms with Crippen LogP contribution in [0, 0.1) is 0 Å². The molecule has 2 amide bonds. The van der Waals surface area contributed by atoms with Gasteiger partial charge in [0.05, 0.1) is 11.1 Å². The molecular formula is C22H17NO4. The molecule has 27 heavy (non-hydrogen) atoms. The number of hydrogen-bond acceptors (Lipinski definition) is 4. The number of rotatable bonds is 4. The highest BCUT2D eigenvalue weighted by atomic mass is 16.5. The summed E-state index contributed by atoms with van der Waals surface area (Å²) in [5, 5.41) is 2.06. The van der Waals surface area contributed by atoms with Gasteiger partial charge in [-0.15, -0.1) is 0 Å². The van der Waals surface area contributed by atoms with Crippen molar-refractivity contribution in [3.05, 3.63) is 83.4 Å². The Morgan fingerprint density at radius 3 is 2.19 bits per heavy atom. The maximum absolute atomic E-state index is 12.5. The van der Waals surface area contributed by atoms with Crippen LogP contribution in [0.3, 0.4) is 0 Å². The van der Waals surface area contributed by atoms with Crippen molar-refractivity contribution in [2.45, 2.75) is 19.6 Å². The minimum Gasteiger partial charge on any atom is -0.459 e. The highest BCUT2D eigenvalue weighted by Crippen LogP contribution is 2.25. The van der Waals surface area contributed by atoms with E-state index in [1.165, 1.54) is 6.92 Å². The van der Waals surface area contributed by atoms with E-state index in [2.05, 4.69) is 0 Å². The van der Waals surface area contributed by atoms with Crippen LogP contribution in [0.25, 0.3) is 10.8 Å². The Bertz CT molecular complexity index is 1030. The second-order valence-corrected chi connectivity index (χ2v) is 6.45. The molecular weight excluding hydrogens is 342 g/mol. The van der Waals surface area contributed by atoms with Crippen LogP contribution in [0.4, 0.5) is 0 Å². The quantitative estimate of drug-likeness (QED) is 0.528. The van der Waals surface area contributed by atoms with Crippen molar-refractivity contribution in [1.82, 2.24) is 4.90 Å². The highest BCUT2D eigenvalue weighted by molar-refractivity contribution is 6.22. The third kappa shape index (κ3) is 2.87. The molecule has 0 aliphatic carbocycles. The van der Waals surface area contributed by atoms with Crippen molar-refractivity contribution in [3.8, 4) is 0 Å². The van der Waals surface area contributed by atoms with Crippen molar-refractivity contribution in [1.29, 1.82) is 0 Å². The number of imide groups is 1. The van der Waals surface area contributed by atoms with Crippen LogP contribution in [0.15, 0.2) is 66.7 Å². The lowest BCUT2D eigenvalue weighted by Crippen LogP contribution is -2.43. The molecule has 0 fully saturated rings. The van der Waals surface area contributed by atoms with Crippen LogP contribution >= 0.6 is 0 Å². The minimum absolute atomic E-state index is 0.0771. The number of ether oxygens (including phenoxy) is 1. The smallest absolute Gasteiger partial charge is 0.329 e. The first-order valence-corrected chi connectivity index (χ1v) is 8.68. The van der Waals surface area contributed by atoms with Gasteiger partial charge in [0.25, 0.3) is 11.8 Å². The van der Waals surface area contributed by atoms with Gasteiger partial charge >= 0.3 is 5.97 Å². The molecule has 1 aliphatic heterocycles. The molecule has 0 radical (unpaired) electrons.